The van der Waals surface area contributed by atoms with Gasteiger partial charge in [-0.2, -0.15) is 0 Å². The number of esters is 1. The number of amides is 1. The molecule has 2 heterocycles. The van der Waals surface area contributed by atoms with Gasteiger partial charge in [-0.3, -0.25) is 4.79 Å². The third-order valence-electron chi connectivity index (χ3n) is 6.95. The monoisotopic (exact) mass is 506 g/mol. The first kappa shape index (κ1) is 25.2. The van der Waals surface area contributed by atoms with Crippen molar-refractivity contribution in [2.75, 3.05) is 5.32 Å². The Kier molecular flexibility index (Phi) is 7.24. The van der Waals surface area contributed by atoms with Crippen molar-refractivity contribution in [3.8, 4) is 22.4 Å². The predicted molar refractivity (Wildman–Crippen MR) is 149 cm³/mol. The highest BCUT2D eigenvalue weighted by molar-refractivity contribution is 6.12. The molecule has 38 heavy (non-hydrogen) atoms. The van der Waals surface area contributed by atoms with Crippen LogP contribution < -0.4 is 5.32 Å². The minimum atomic E-state index is -1.24. The Balaban J connectivity index is 1.68. The smallest absolute Gasteiger partial charge is 0.333 e. The summed E-state index contributed by atoms with van der Waals surface area (Å²) in [5.74, 6) is -0.739. The van der Waals surface area contributed by atoms with Crippen LogP contribution in [0, 0.1) is 6.92 Å². The average molecular weight is 507 g/mol. The first-order valence-corrected chi connectivity index (χ1v) is 12.8. The van der Waals surface area contributed by atoms with E-state index in [1.54, 1.807) is 0 Å². The van der Waals surface area contributed by atoms with Crippen LogP contribution in [-0.2, 0) is 22.5 Å². The second kappa shape index (κ2) is 10.9. The topological polar surface area (TPSA) is 80.6 Å². The van der Waals surface area contributed by atoms with Crippen molar-refractivity contribution in [1.29, 1.82) is 0 Å². The zero-order chi connectivity index (χ0) is 26.6. The highest BCUT2D eigenvalue weighted by Crippen LogP contribution is 2.40. The van der Waals surface area contributed by atoms with E-state index < -0.39 is 12.3 Å². The number of nitrogens with one attached hydrogen (secondary N) is 1. The quantitative estimate of drug-likeness (QED) is 0.282. The molecular weight excluding hydrogens is 476 g/mol. The number of hydrogen-bond donors (Lipinski definition) is 2. The number of aryl methyl sites for hydroxylation is 1. The standard InChI is InChI=1S/C32H30N2O4/c1-3-22-14-16-24(17-15-22)30-29(23-10-6-4-7-11-23)28(31(36)33-26-12-8-5-9-13-26)21(2)34(30)19-18-25-20-27(35)38-32(25)37/h4-17,20,32,37H,3,18-19H2,1-2H3,(H,33,36). The van der Waals surface area contributed by atoms with Gasteiger partial charge in [-0.1, -0.05) is 79.7 Å². The van der Waals surface area contributed by atoms with Crippen LogP contribution >= 0.6 is 0 Å². The van der Waals surface area contributed by atoms with Gasteiger partial charge in [0.1, 0.15) is 0 Å². The first-order valence-electron chi connectivity index (χ1n) is 12.8. The molecule has 1 aliphatic rings. The molecule has 1 aliphatic heterocycles. The predicted octanol–water partition coefficient (Wildman–Crippen LogP) is 6.14. The minimum Gasteiger partial charge on any atom is -0.429 e. The second-order valence-electron chi connectivity index (χ2n) is 9.33. The van der Waals surface area contributed by atoms with Crippen molar-refractivity contribution in [2.24, 2.45) is 0 Å². The molecule has 192 valence electrons. The van der Waals surface area contributed by atoms with Crippen LogP contribution in [0.15, 0.2) is 96.6 Å². The van der Waals surface area contributed by atoms with E-state index in [0.29, 0.717) is 29.8 Å². The zero-order valence-electron chi connectivity index (χ0n) is 21.5. The van der Waals surface area contributed by atoms with Gasteiger partial charge in [-0.15, -0.1) is 0 Å². The van der Waals surface area contributed by atoms with E-state index in [4.69, 9.17) is 4.74 Å². The van der Waals surface area contributed by atoms with Gasteiger partial charge < -0.3 is 19.7 Å². The van der Waals surface area contributed by atoms with Crippen molar-refractivity contribution >= 4 is 17.6 Å². The maximum atomic E-state index is 13.8. The Morgan fingerprint density at radius 1 is 0.947 bits per heavy atom. The third kappa shape index (κ3) is 5.04. The lowest BCUT2D eigenvalue weighted by atomic mass is 9.96. The van der Waals surface area contributed by atoms with Gasteiger partial charge in [0.15, 0.2) is 0 Å². The van der Waals surface area contributed by atoms with E-state index in [-0.39, 0.29) is 5.91 Å². The van der Waals surface area contributed by atoms with Gasteiger partial charge in [0.25, 0.3) is 5.91 Å². The minimum absolute atomic E-state index is 0.198. The number of aliphatic hydroxyl groups is 1. The second-order valence-corrected chi connectivity index (χ2v) is 9.33. The van der Waals surface area contributed by atoms with Crippen LogP contribution in [0.5, 0.6) is 0 Å². The van der Waals surface area contributed by atoms with Gasteiger partial charge in [0, 0.05) is 35.1 Å². The SMILES string of the molecule is CCc1ccc(-c2c(-c3ccccc3)c(C(=O)Nc3ccccc3)c(C)n2CCC2=CC(=O)OC2O)cc1. The molecule has 5 rings (SSSR count). The molecule has 1 amide bonds. The van der Waals surface area contributed by atoms with E-state index in [9.17, 15) is 14.7 Å². The summed E-state index contributed by atoms with van der Waals surface area (Å²) in [6.07, 6.45) is 1.44. The summed E-state index contributed by atoms with van der Waals surface area (Å²) in [4.78, 5) is 25.5. The van der Waals surface area contributed by atoms with E-state index >= 15 is 0 Å². The zero-order valence-corrected chi connectivity index (χ0v) is 21.5. The summed E-state index contributed by atoms with van der Waals surface area (Å²) in [6.45, 7) is 4.51. The number of anilines is 1. The van der Waals surface area contributed by atoms with Gasteiger partial charge in [0.2, 0.25) is 6.29 Å². The molecule has 2 N–H and O–H groups in total. The Morgan fingerprint density at radius 3 is 2.21 bits per heavy atom. The fraction of sp³-hybridized carbons (Fsp3) is 0.188. The molecule has 0 aliphatic carbocycles. The maximum absolute atomic E-state index is 13.8. The van der Waals surface area contributed by atoms with Gasteiger partial charge in [-0.25, -0.2) is 4.79 Å². The number of carbonyl (C=O) groups excluding carboxylic acids is 2. The number of cyclic esters (lactones) is 1. The summed E-state index contributed by atoms with van der Waals surface area (Å²) in [6, 6.07) is 27.7. The van der Waals surface area contributed by atoms with Gasteiger partial charge >= 0.3 is 5.97 Å². The van der Waals surface area contributed by atoms with Crippen LogP contribution in [0.25, 0.3) is 22.4 Å². The molecule has 6 nitrogen and oxygen atoms in total. The lowest BCUT2D eigenvalue weighted by Crippen LogP contribution is -2.15. The van der Waals surface area contributed by atoms with Crippen molar-refractivity contribution < 1.29 is 19.4 Å². The molecule has 0 saturated heterocycles. The number of carbonyl (C=O) groups is 2. The van der Waals surface area contributed by atoms with Crippen LogP contribution in [0.1, 0.15) is 35.0 Å². The molecule has 0 fully saturated rings. The molecule has 0 saturated carbocycles. The van der Waals surface area contributed by atoms with Crippen LogP contribution in [0.4, 0.5) is 5.69 Å². The number of para-hydroxylation sites is 1. The summed E-state index contributed by atoms with van der Waals surface area (Å²) in [5, 5.41) is 13.2. The molecule has 1 atom stereocenters. The first-order chi connectivity index (χ1) is 18.5. The Labute approximate surface area is 222 Å². The van der Waals surface area contributed by atoms with E-state index in [1.165, 1.54) is 11.6 Å². The number of hydrogen-bond acceptors (Lipinski definition) is 4. The van der Waals surface area contributed by atoms with Crippen molar-refractivity contribution in [3.05, 3.63) is 113 Å². The largest absolute Gasteiger partial charge is 0.429 e. The number of nitrogens with zero attached hydrogens (tertiary/aromatic N) is 1. The summed E-state index contributed by atoms with van der Waals surface area (Å²) in [5.41, 5.74) is 7.51. The van der Waals surface area contributed by atoms with Crippen molar-refractivity contribution in [2.45, 2.75) is 39.5 Å². The molecular formula is C32H30N2O4. The Hall–Kier alpha value is -4.42. The Bertz CT molecular complexity index is 1490. The van der Waals surface area contributed by atoms with E-state index in [0.717, 1.165) is 34.5 Å². The molecule has 4 aromatic rings. The summed E-state index contributed by atoms with van der Waals surface area (Å²) >= 11 is 0. The fourth-order valence-corrected chi connectivity index (χ4v) is 4.97. The molecule has 1 aromatic heterocycles. The van der Waals surface area contributed by atoms with E-state index in [1.807, 2.05) is 67.6 Å². The third-order valence-corrected chi connectivity index (χ3v) is 6.95. The van der Waals surface area contributed by atoms with Crippen molar-refractivity contribution in [3.63, 3.8) is 0 Å². The molecule has 3 aromatic carbocycles. The summed E-state index contributed by atoms with van der Waals surface area (Å²) in [7, 11) is 0. The van der Waals surface area contributed by atoms with Crippen LogP contribution in [-0.4, -0.2) is 27.8 Å². The number of aromatic nitrogens is 1. The molecule has 0 spiro atoms. The number of aliphatic hydroxyl groups excluding tert-OH is 1. The van der Waals surface area contributed by atoms with Crippen LogP contribution in [0.2, 0.25) is 0 Å². The fourth-order valence-electron chi connectivity index (χ4n) is 4.97. The number of ether oxygens (including phenoxy) is 1. The molecule has 0 bridgehead atoms. The molecule has 6 heteroatoms. The number of benzene rings is 3. The Morgan fingerprint density at radius 2 is 1.61 bits per heavy atom. The summed E-state index contributed by atoms with van der Waals surface area (Å²) < 4.78 is 7.00. The van der Waals surface area contributed by atoms with Gasteiger partial charge in [-0.05, 0) is 48.6 Å². The molecule has 1 unspecified atom stereocenters. The normalized spacial score (nSPS) is 14.8. The van der Waals surface area contributed by atoms with Crippen LogP contribution in [0.3, 0.4) is 0 Å². The lowest BCUT2D eigenvalue weighted by Gasteiger charge is -2.15. The number of rotatable bonds is 8. The van der Waals surface area contributed by atoms with E-state index in [2.05, 4.69) is 41.1 Å². The highest BCUT2D eigenvalue weighted by Gasteiger charge is 2.29. The average Bonchev–Trinajstić information content (AvgIpc) is 3.42. The lowest BCUT2D eigenvalue weighted by molar-refractivity contribution is -0.151. The van der Waals surface area contributed by atoms with Crippen molar-refractivity contribution in [1.82, 2.24) is 4.57 Å². The highest BCUT2D eigenvalue weighted by atomic mass is 16.6. The molecule has 0 radical (unpaired) electrons. The maximum Gasteiger partial charge on any atom is 0.333 e. The van der Waals surface area contributed by atoms with Gasteiger partial charge in [0.05, 0.1) is 11.3 Å².